The van der Waals surface area contributed by atoms with Crippen LogP contribution in [0.1, 0.15) is 35.9 Å². The molecule has 0 atom stereocenters. The van der Waals surface area contributed by atoms with Crippen LogP contribution in [-0.4, -0.2) is 63.0 Å². The third-order valence-corrected chi connectivity index (χ3v) is 5.95. The van der Waals surface area contributed by atoms with Gasteiger partial charge in [-0.1, -0.05) is 13.8 Å². The molecule has 1 fully saturated rings. The van der Waals surface area contributed by atoms with Crippen LogP contribution in [0.4, 0.5) is 0 Å². The number of amides is 1. The second kappa shape index (κ2) is 7.78. The molecule has 0 bridgehead atoms. The quantitative estimate of drug-likeness (QED) is 0.679. The number of carbonyl (C=O) groups excluding carboxylic acids is 1. The molecule has 0 aliphatic carbocycles. The lowest BCUT2D eigenvalue weighted by Gasteiger charge is -2.35. The lowest BCUT2D eigenvalue weighted by molar-refractivity contribution is 0.0633. The molecule has 1 aromatic carbocycles. The molecule has 4 rings (SSSR count). The molecule has 1 saturated heterocycles. The molecule has 27 heavy (non-hydrogen) atoms. The second-order valence-corrected chi connectivity index (χ2v) is 8.19. The zero-order valence-electron chi connectivity index (χ0n) is 15.8. The number of benzene rings is 1. The van der Waals surface area contributed by atoms with Crippen LogP contribution >= 0.6 is 11.3 Å². The molecule has 1 aliphatic heterocycles. The Morgan fingerprint density at radius 2 is 1.96 bits per heavy atom. The van der Waals surface area contributed by atoms with Crippen LogP contribution in [0.3, 0.4) is 0 Å². The first-order valence-corrected chi connectivity index (χ1v) is 10.4. The van der Waals surface area contributed by atoms with Gasteiger partial charge in [0, 0.05) is 63.1 Å². The van der Waals surface area contributed by atoms with Gasteiger partial charge >= 0.3 is 0 Å². The van der Waals surface area contributed by atoms with Crippen molar-refractivity contribution in [3.8, 4) is 0 Å². The minimum absolute atomic E-state index is 0.127. The van der Waals surface area contributed by atoms with Crippen molar-refractivity contribution in [1.29, 1.82) is 0 Å². The van der Waals surface area contributed by atoms with E-state index < -0.39 is 0 Å². The number of carbonyl (C=O) groups is 1. The molecular weight excluding hydrogens is 358 g/mol. The van der Waals surface area contributed by atoms with E-state index >= 15 is 0 Å². The Morgan fingerprint density at radius 1 is 1.15 bits per heavy atom. The van der Waals surface area contributed by atoms with E-state index in [1.807, 2.05) is 34.8 Å². The van der Waals surface area contributed by atoms with Crippen LogP contribution in [0, 0.1) is 0 Å². The van der Waals surface area contributed by atoms with E-state index in [0.717, 1.165) is 60.9 Å². The maximum Gasteiger partial charge on any atom is 0.253 e. The van der Waals surface area contributed by atoms with Crippen molar-refractivity contribution in [2.75, 3.05) is 32.7 Å². The summed E-state index contributed by atoms with van der Waals surface area (Å²) in [4.78, 5) is 25.9. The normalized spacial score (nSPS) is 15.7. The number of imidazole rings is 1. The molecule has 2 aromatic heterocycles. The summed E-state index contributed by atoms with van der Waals surface area (Å²) in [6, 6.07) is 5.80. The van der Waals surface area contributed by atoms with Gasteiger partial charge in [-0.05, 0) is 18.2 Å². The summed E-state index contributed by atoms with van der Waals surface area (Å²) in [5, 5.41) is 0. The molecule has 1 amide bonds. The zero-order chi connectivity index (χ0) is 18.8. The van der Waals surface area contributed by atoms with Gasteiger partial charge in [-0.2, -0.15) is 0 Å². The average Bonchev–Trinajstić information content (AvgIpc) is 3.34. The van der Waals surface area contributed by atoms with Gasteiger partial charge in [0.15, 0.2) is 0 Å². The van der Waals surface area contributed by atoms with Crippen LogP contribution in [0.2, 0.25) is 0 Å². The Hall–Kier alpha value is -2.25. The predicted molar refractivity (Wildman–Crippen MR) is 108 cm³/mol. The molecule has 6 nitrogen and oxygen atoms in total. The number of thiazole rings is 1. The van der Waals surface area contributed by atoms with E-state index in [2.05, 4.69) is 39.5 Å². The maximum absolute atomic E-state index is 12.8. The maximum atomic E-state index is 12.8. The molecule has 3 heterocycles. The van der Waals surface area contributed by atoms with Gasteiger partial charge in [0.1, 0.15) is 5.82 Å². The van der Waals surface area contributed by atoms with Gasteiger partial charge in [-0.3, -0.25) is 9.69 Å². The van der Waals surface area contributed by atoms with E-state index in [9.17, 15) is 4.79 Å². The zero-order valence-corrected chi connectivity index (χ0v) is 16.7. The summed E-state index contributed by atoms with van der Waals surface area (Å²) in [7, 11) is 0. The van der Waals surface area contributed by atoms with E-state index in [1.54, 1.807) is 11.3 Å². The van der Waals surface area contributed by atoms with Crippen LogP contribution < -0.4 is 0 Å². The Labute approximate surface area is 163 Å². The smallest absolute Gasteiger partial charge is 0.253 e. The first kappa shape index (κ1) is 18.1. The van der Waals surface area contributed by atoms with Crippen molar-refractivity contribution in [2.45, 2.75) is 26.3 Å². The van der Waals surface area contributed by atoms with Crippen LogP contribution in [0.15, 0.2) is 36.1 Å². The van der Waals surface area contributed by atoms with Crippen molar-refractivity contribution in [2.24, 2.45) is 0 Å². The standard InChI is InChI=1S/C20H25N5OS/c1-15(2)19-21-5-6-24(19)10-7-23-8-11-25(12-9-23)20(26)16-3-4-17-18(13-16)27-14-22-17/h3-6,13-15H,7-12H2,1-2H3. The number of hydrogen-bond donors (Lipinski definition) is 0. The highest BCUT2D eigenvalue weighted by molar-refractivity contribution is 7.16. The SMILES string of the molecule is CC(C)c1nccn1CCN1CCN(C(=O)c2ccc3ncsc3c2)CC1. The fourth-order valence-electron chi connectivity index (χ4n) is 3.60. The summed E-state index contributed by atoms with van der Waals surface area (Å²) >= 11 is 1.58. The number of nitrogens with zero attached hydrogens (tertiary/aromatic N) is 5. The molecule has 1 aliphatic rings. The Morgan fingerprint density at radius 3 is 2.74 bits per heavy atom. The topological polar surface area (TPSA) is 54.3 Å². The van der Waals surface area contributed by atoms with Crippen LogP contribution in [-0.2, 0) is 6.54 Å². The number of aromatic nitrogens is 3. The first-order chi connectivity index (χ1) is 13.1. The van der Waals surface area contributed by atoms with E-state index in [4.69, 9.17) is 0 Å². The van der Waals surface area contributed by atoms with Crippen molar-refractivity contribution >= 4 is 27.5 Å². The first-order valence-electron chi connectivity index (χ1n) is 9.48. The predicted octanol–water partition coefficient (Wildman–Crippen LogP) is 3.07. The number of hydrogen-bond acceptors (Lipinski definition) is 5. The van der Waals surface area contributed by atoms with Gasteiger partial charge in [0.25, 0.3) is 5.91 Å². The molecule has 3 aromatic rings. The summed E-state index contributed by atoms with van der Waals surface area (Å²) in [5.41, 5.74) is 3.55. The Bertz CT molecular complexity index is 923. The third kappa shape index (κ3) is 3.89. The van der Waals surface area contributed by atoms with Gasteiger partial charge in [0.05, 0.1) is 15.7 Å². The number of rotatable bonds is 5. The monoisotopic (exact) mass is 383 g/mol. The van der Waals surface area contributed by atoms with Crippen molar-refractivity contribution in [3.63, 3.8) is 0 Å². The van der Waals surface area contributed by atoms with Gasteiger partial charge in [-0.25, -0.2) is 9.97 Å². The highest BCUT2D eigenvalue weighted by atomic mass is 32.1. The molecule has 0 unspecified atom stereocenters. The molecule has 142 valence electrons. The lowest BCUT2D eigenvalue weighted by atomic mass is 10.1. The van der Waals surface area contributed by atoms with Crippen molar-refractivity contribution in [3.05, 3.63) is 47.5 Å². The van der Waals surface area contributed by atoms with Gasteiger partial charge < -0.3 is 9.47 Å². The number of piperazine rings is 1. The van der Waals surface area contributed by atoms with Crippen LogP contribution in [0.5, 0.6) is 0 Å². The number of fused-ring (bicyclic) bond motifs is 1. The summed E-state index contributed by atoms with van der Waals surface area (Å²) < 4.78 is 3.31. The minimum atomic E-state index is 0.127. The van der Waals surface area contributed by atoms with Crippen LogP contribution in [0.25, 0.3) is 10.2 Å². The Balaban J connectivity index is 1.31. The fourth-order valence-corrected chi connectivity index (χ4v) is 4.32. The molecule has 0 spiro atoms. The molecular formula is C20H25N5OS. The van der Waals surface area contributed by atoms with Gasteiger partial charge in [0.2, 0.25) is 0 Å². The Kier molecular flexibility index (Phi) is 5.22. The van der Waals surface area contributed by atoms with E-state index in [0.29, 0.717) is 5.92 Å². The molecule has 0 radical (unpaired) electrons. The average molecular weight is 384 g/mol. The molecule has 0 saturated carbocycles. The highest BCUT2D eigenvalue weighted by Gasteiger charge is 2.22. The summed E-state index contributed by atoms with van der Waals surface area (Å²) in [6.45, 7) is 9.68. The van der Waals surface area contributed by atoms with Gasteiger partial charge in [-0.15, -0.1) is 11.3 Å². The van der Waals surface area contributed by atoms with Crippen molar-refractivity contribution < 1.29 is 4.79 Å². The van der Waals surface area contributed by atoms with Crippen molar-refractivity contribution in [1.82, 2.24) is 24.3 Å². The highest BCUT2D eigenvalue weighted by Crippen LogP contribution is 2.20. The minimum Gasteiger partial charge on any atom is -0.336 e. The summed E-state index contributed by atoms with van der Waals surface area (Å²) in [6.07, 6.45) is 3.94. The third-order valence-electron chi connectivity index (χ3n) is 5.16. The van der Waals surface area contributed by atoms with E-state index in [1.165, 1.54) is 0 Å². The lowest BCUT2D eigenvalue weighted by Crippen LogP contribution is -2.49. The molecule has 0 N–H and O–H groups in total. The van der Waals surface area contributed by atoms with E-state index in [-0.39, 0.29) is 5.91 Å². The fraction of sp³-hybridized carbons (Fsp3) is 0.450. The second-order valence-electron chi connectivity index (χ2n) is 7.30. The molecule has 7 heteroatoms. The largest absolute Gasteiger partial charge is 0.336 e. The summed E-state index contributed by atoms with van der Waals surface area (Å²) in [5.74, 6) is 1.70.